The van der Waals surface area contributed by atoms with E-state index in [1.165, 1.54) is 0 Å². The zero-order valence-corrected chi connectivity index (χ0v) is 13.3. The molecule has 20 heavy (non-hydrogen) atoms. The number of carbonyl (C=O) groups excluding carboxylic acids is 1. The van der Waals surface area contributed by atoms with Gasteiger partial charge in [0.2, 0.25) is 5.91 Å². The van der Waals surface area contributed by atoms with Crippen molar-refractivity contribution >= 4 is 39.1 Å². The SMILES string of the molecule is CCc1nccc(NC(=O)Cc2ccc(Br)cc2)c1Cl. The maximum absolute atomic E-state index is 12.0. The number of carbonyl (C=O) groups is 1. The zero-order valence-electron chi connectivity index (χ0n) is 11.0. The van der Waals surface area contributed by atoms with Gasteiger partial charge in [0.15, 0.2) is 0 Å². The van der Waals surface area contributed by atoms with E-state index in [0.29, 0.717) is 17.1 Å². The smallest absolute Gasteiger partial charge is 0.228 e. The maximum Gasteiger partial charge on any atom is 0.228 e. The van der Waals surface area contributed by atoms with E-state index in [1.54, 1.807) is 12.3 Å². The third-order valence-corrected chi connectivity index (χ3v) is 3.80. The van der Waals surface area contributed by atoms with E-state index >= 15 is 0 Å². The first-order chi connectivity index (χ1) is 9.60. The van der Waals surface area contributed by atoms with Crippen molar-refractivity contribution in [3.63, 3.8) is 0 Å². The molecule has 0 unspecified atom stereocenters. The highest BCUT2D eigenvalue weighted by atomic mass is 79.9. The Kier molecular flexibility index (Phi) is 5.15. The summed E-state index contributed by atoms with van der Waals surface area (Å²) in [5.74, 6) is -0.0949. The molecule has 1 heterocycles. The van der Waals surface area contributed by atoms with Gasteiger partial charge in [-0.15, -0.1) is 0 Å². The Hall–Kier alpha value is -1.39. The zero-order chi connectivity index (χ0) is 14.5. The fraction of sp³-hybridized carbons (Fsp3) is 0.200. The number of halogens is 2. The Bertz CT molecular complexity index is 614. The number of rotatable bonds is 4. The monoisotopic (exact) mass is 352 g/mol. The van der Waals surface area contributed by atoms with Gasteiger partial charge in [-0.3, -0.25) is 9.78 Å². The molecule has 0 fully saturated rings. The van der Waals surface area contributed by atoms with Gasteiger partial charge in [0.1, 0.15) is 0 Å². The average Bonchev–Trinajstić information content (AvgIpc) is 2.44. The van der Waals surface area contributed by atoms with Crippen molar-refractivity contribution in [2.75, 3.05) is 5.32 Å². The lowest BCUT2D eigenvalue weighted by Crippen LogP contribution is -2.15. The van der Waals surface area contributed by atoms with Crippen molar-refractivity contribution in [1.29, 1.82) is 0 Å². The summed E-state index contributed by atoms with van der Waals surface area (Å²) in [5, 5.41) is 3.34. The Morgan fingerprint density at radius 1 is 1.30 bits per heavy atom. The lowest BCUT2D eigenvalue weighted by Gasteiger charge is -2.09. The molecule has 0 atom stereocenters. The lowest BCUT2D eigenvalue weighted by atomic mass is 10.1. The summed E-state index contributed by atoms with van der Waals surface area (Å²) >= 11 is 9.56. The van der Waals surface area contributed by atoms with Crippen molar-refractivity contribution in [3.05, 3.63) is 57.3 Å². The quantitative estimate of drug-likeness (QED) is 0.893. The number of hydrogen-bond donors (Lipinski definition) is 1. The van der Waals surface area contributed by atoms with Gasteiger partial charge in [-0.2, -0.15) is 0 Å². The summed E-state index contributed by atoms with van der Waals surface area (Å²) in [5.41, 5.74) is 2.35. The number of hydrogen-bond acceptors (Lipinski definition) is 2. The predicted molar refractivity (Wildman–Crippen MR) is 85.1 cm³/mol. The molecular formula is C15H14BrClN2O. The second-order valence-corrected chi connectivity index (χ2v) is 5.62. The van der Waals surface area contributed by atoms with Crippen molar-refractivity contribution in [2.45, 2.75) is 19.8 Å². The number of aryl methyl sites for hydroxylation is 1. The van der Waals surface area contributed by atoms with Gasteiger partial charge in [-0.1, -0.05) is 46.6 Å². The van der Waals surface area contributed by atoms with Crippen LogP contribution in [0.1, 0.15) is 18.2 Å². The van der Waals surface area contributed by atoms with Gasteiger partial charge >= 0.3 is 0 Å². The first-order valence-corrected chi connectivity index (χ1v) is 7.45. The number of aromatic nitrogens is 1. The first-order valence-electron chi connectivity index (χ1n) is 6.28. The molecule has 5 heteroatoms. The minimum Gasteiger partial charge on any atom is -0.324 e. The third kappa shape index (κ3) is 3.81. The highest BCUT2D eigenvalue weighted by Crippen LogP contribution is 2.24. The molecule has 1 aromatic carbocycles. The van der Waals surface area contributed by atoms with Gasteiger partial charge in [0.25, 0.3) is 0 Å². The summed E-state index contributed by atoms with van der Waals surface area (Å²) in [6.45, 7) is 1.97. The highest BCUT2D eigenvalue weighted by Gasteiger charge is 2.10. The number of benzene rings is 1. The number of nitrogens with one attached hydrogen (secondary N) is 1. The molecule has 3 nitrogen and oxygen atoms in total. The molecule has 1 aromatic heterocycles. The van der Waals surface area contributed by atoms with Crippen LogP contribution in [0.2, 0.25) is 5.02 Å². The van der Waals surface area contributed by atoms with Gasteiger partial charge < -0.3 is 5.32 Å². The van der Waals surface area contributed by atoms with Crippen molar-refractivity contribution in [2.24, 2.45) is 0 Å². The highest BCUT2D eigenvalue weighted by molar-refractivity contribution is 9.10. The Balaban J connectivity index is 2.06. The van der Waals surface area contributed by atoms with Crippen LogP contribution in [-0.4, -0.2) is 10.9 Å². The predicted octanol–water partition coefficient (Wildman–Crippen LogP) is 4.24. The summed E-state index contributed by atoms with van der Waals surface area (Å²) in [6, 6.07) is 9.36. The van der Waals surface area contributed by atoms with Gasteiger partial charge in [-0.25, -0.2) is 0 Å². The van der Waals surface area contributed by atoms with Crippen LogP contribution in [0.25, 0.3) is 0 Å². The molecule has 1 amide bonds. The van der Waals surface area contributed by atoms with Crippen LogP contribution in [-0.2, 0) is 17.6 Å². The number of anilines is 1. The molecule has 2 rings (SSSR count). The van der Waals surface area contributed by atoms with E-state index in [4.69, 9.17) is 11.6 Å². The Labute approximate surface area is 131 Å². The van der Waals surface area contributed by atoms with Crippen molar-refractivity contribution < 1.29 is 4.79 Å². The van der Waals surface area contributed by atoms with Crippen LogP contribution in [0.15, 0.2) is 41.0 Å². The third-order valence-electron chi connectivity index (χ3n) is 2.85. The number of nitrogens with zero attached hydrogens (tertiary/aromatic N) is 1. The molecule has 2 aromatic rings. The fourth-order valence-electron chi connectivity index (χ4n) is 1.81. The molecule has 104 valence electrons. The van der Waals surface area contributed by atoms with E-state index in [1.807, 2.05) is 31.2 Å². The molecule has 0 spiro atoms. The largest absolute Gasteiger partial charge is 0.324 e. The molecule has 0 aliphatic carbocycles. The molecule has 0 aliphatic rings. The minimum atomic E-state index is -0.0949. The van der Waals surface area contributed by atoms with Crippen LogP contribution in [0.4, 0.5) is 5.69 Å². The van der Waals surface area contributed by atoms with Crippen LogP contribution < -0.4 is 5.32 Å². The van der Waals surface area contributed by atoms with E-state index < -0.39 is 0 Å². The second kappa shape index (κ2) is 6.86. The Morgan fingerprint density at radius 2 is 2.00 bits per heavy atom. The first kappa shape index (κ1) is 15.0. The molecule has 0 radical (unpaired) electrons. The van der Waals surface area contributed by atoms with E-state index in [9.17, 15) is 4.79 Å². The topological polar surface area (TPSA) is 42.0 Å². The summed E-state index contributed by atoms with van der Waals surface area (Å²) < 4.78 is 0.992. The van der Waals surface area contributed by atoms with Crippen LogP contribution in [0.3, 0.4) is 0 Å². The molecule has 0 aliphatic heterocycles. The molecule has 1 N–H and O–H groups in total. The molecule has 0 saturated carbocycles. The van der Waals surface area contributed by atoms with Crippen LogP contribution in [0, 0.1) is 0 Å². The summed E-state index contributed by atoms with van der Waals surface area (Å²) in [7, 11) is 0. The fourth-order valence-corrected chi connectivity index (χ4v) is 2.37. The summed E-state index contributed by atoms with van der Waals surface area (Å²) in [4.78, 5) is 16.2. The van der Waals surface area contributed by atoms with Gasteiger partial charge in [0.05, 0.1) is 22.8 Å². The van der Waals surface area contributed by atoms with Gasteiger partial charge in [0, 0.05) is 10.7 Å². The molecular weight excluding hydrogens is 340 g/mol. The maximum atomic E-state index is 12.0. The second-order valence-electron chi connectivity index (χ2n) is 4.32. The molecule has 0 bridgehead atoms. The van der Waals surface area contributed by atoms with E-state index in [-0.39, 0.29) is 5.91 Å². The summed E-state index contributed by atoms with van der Waals surface area (Å²) in [6.07, 6.45) is 2.70. The normalized spacial score (nSPS) is 10.3. The van der Waals surface area contributed by atoms with E-state index in [2.05, 4.69) is 26.2 Å². The molecule has 0 saturated heterocycles. The Morgan fingerprint density at radius 3 is 2.65 bits per heavy atom. The standard InChI is InChI=1S/C15H14BrClN2O/c1-2-12-15(17)13(7-8-18-12)19-14(20)9-10-3-5-11(16)6-4-10/h3-8H,2,9H2,1H3,(H,18,19,20). The number of amides is 1. The minimum absolute atomic E-state index is 0.0949. The van der Waals surface area contributed by atoms with Gasteiger partial charge in [-0.05, 0) is 30.2 Å². The van der Waals surface area contributed by atoms with Crippen LogP contribution in [0.5, 0.6) is 0 Å². The lowest BCUT2D eigenvalue weighted by molar-refractivity contribution is -0.115. The average molecular weight is 354 g/mol. The van der Waals surface area contributed by atoms with Crippen molar-refractivity contribution in [1.82, 2.24) is 4.98 Å². The van der Waals surface area contributed by atoms with Crippen LogP contribution >= 0.6 is 27.5 Å². The van der Waals surface area contributed by atoms with Crippen molar-refractivity contribution in [3.8, 4) is 0 Å². The van der Waals surface area contributed by atoms with E-state index in [0.717, 1.165) is 22.2 Å². The number of pyridine rings is 1.